The SMILES string of the molecule is CCCCC[C@H](CC(=O)NC1CCCCC1)[C@@H](C)c1ccccc1. The Labute approximate surface area is 148 Å². The van der Waals surface area contributed by atoms with Gasteiger partial charge in [0.15, 0.2) is 0 Å². The van der Waals surface area contributed by atoms with Gasteiger partial charge in [-0.1, -0.05) is 82.7 Å². The Morgan fingerprint density at radius 3 is 2.50 bits per heavy atom. The van der Waals surface area contributed by atoms with Gasteiger partial charge in [-0.3, -0.25) is 4.79 Å². The summed E-state index contributed by atoms with van der Waals surface area (Å²) in [6.45, 7) is 4.53. The lowest BCUT2D eigenvalue weighted by Crippen LogP contribution is -2.37. The highest BCUT2D eigenvalue weighted by Crippen LogP contribution is 2.31. The molecular formula is C22H35NO. The number of hydrogen-bond donors (Lipinski definition) is 1. The van der Waals surface area contributed by atoms with E-state index in [2.05, 4.69) is 49.5 Å². The van der Waals surface area contributed by atoms with Crippen LogP contribution in [0.5, 0.6) is 0 Å². The first-order chi connectivity index (χ1) is 11.7. The van der Waals surface area contributed by atoms with E-state index in [1.165, 1.54) is 56.9 Å². The zero-order valence-corrected chi connectivity index (χ0v) is 15.6. The van der Waals surface area contributed by atoms with Crippen molar-refractivity contribution in [2.45, 2.75) is 90.0 Å². The number of amides is 1. The maximum Gasteiger partial charge on any atom is 0.220 e. The molecule has 2 rings (SSSR count). The minimum atomic E-state index is 0.270. The van der Waals surface area contributed by atoms with Crippen LogP contribution in [0.15, 0.2) is 30.3 Å². The summed E-state index contributed by atoms with van der Waals surface area (Å²) in [6, 6.07) is 11.1. The number of benzene rings is 1. The second-order valence-corrected chi connectivity index (χ2v) is 7.56. The third-order valence-electron chi connectivity index (χ3n) is 5.63. The van der Waals surface area contributed by atoms with Crippen molar-refractivity contribution in [2.75, 3.05) is 0 Å². The zero-order chi connectivity index (χ0) is 17.2. The highest BCUT2D eigenvalue weighted by Gasteiger charge is 2.23. The van der Waals surface area contributed by atoms with Gasteiger partial charge in [-0.25, -0.2) is 0 Å². The molecule has 1 aromatic carbocycles. The first-order valence-electron chi connectivity index (χ1n) is 10.0. The molecule has 2 nitrogen and oxygen atoms in total. The Balaban J connectivity index is 1.92. The minimum absolute atomic E-state index is 0.270. The van der Waals surface area contributed by atoms with Crippen LogP contribution in [0.4, 0.5) is 0 Å². The molecule has 1 aromatic rings. The summed E-state index contributed by atoms with van der Waals surface area (Å²) in [5, 5.41) is 3.31. The van der Waals surface area contributed by atoms with Crippen molar-refractivity contribution in [3.05, 3.63) is 35.9 Å². The molecule has 1 fully saturated rings. The first-order valence-corrected chi connectivity index (χ1v) is 10.0. The molecule has 0 radical (unpaired) electrons. The molecule has 24 heavy (non-hydrogen) atoms. The number of carbonyl (C=O) groups excluding carboxylic acids is 1. The smallest absolute Gasteiger partial charge is 0.220 e. The van der Waals surface area contributed by atoms with Crippen molar-refractivity contribution in [3.63, 3.8) is 0 Å². The zero-order valence-electron chi connectivity index (χ0n) is 15.6. The number of carbonyl (C=O) groups is 1. The quantitative estimate of drug-likeness (QED) is 0.568. The second kappa shape index (κ2) is 10.5. The molecule has 1 saturated carbocycles. The van der Waals surface area contributed by atoms with Crippen molar-refractivity contribution >= 4 is 5.91 Å². The third kappa shape index (κ3) is 6.30. The lowest BCUT2D eigenvalue weighted by atomic mass is 9.81. The minimum Gasteiger partial charge on any atom is -0.353 e. The maximum atomic E-state index is 12.6. The van der Waals surface area contributed by atoms with Crippen molar-refractivity contribution in [1.82, 2.24) is 5.32 Å². The van der Waals surface area contributed by atoms with Gasteiger partial charge in [-0.15, -0.1) is 0 Å². The summed E-state index contributed by atoms with van der Waals surface area (Å²) in [5.41, 5.74) is 1.37. The van der Waals surface area contributed by atoms with Gasteiger partial charge in [0.05, 0.1) is 0 Å². The van der Waals surface area contributed by atoms with Gasteiger partial charge in [0.25, 0.3) is 0 Å². The van der Waals surface area contributed by atoms with Gasteiger partial charge in [0.1, 0.15) is 0 Å². The van der Waals surface area contributed by atoms with Crippen LogP contribution in [0.2, 0.25) is 0 Å². The van der Waals surface area contributed by atoms with Gasteiger partial charge < -0.3 is 5.32 Å². The molecule has 2 heteroatoms. The highest BCUT2D eigenvalue weighted by atomic mass is 16.1. The predicted octanol–water partition coefficient (Wildman–Crippen LogP) is 5.83. The molecule has 0 aromatic heterocycles. The van der Waals surface area contributed by atoms with Crippen molar-refractivity contribution in [3.8, 4) is 0 Å². The Morgan fingerprint density at radius 2 is 1.83 bits per heavy atom. The molecular weight excluding hydrogens is 294 g/mol. The average Bonchev–Trinajstić information content (AvgIpc) is 2.62. The van der Waals surface area contributed by atoms with Gasteiger partial charge in [-0.2, -0.15) is 0 Å². The van der Waals surface area contributed by atoms with Crippen LogP contribution in [0.3, 0.4) is 0 Å². The fraction of sp³-hybridized carbons (Fsp3) is 0.682. The molecule has 1 N–H and O–H groups in total. The first kappa shape index (κ1) is 19.0. The topological polar surface area (TPSA) is 29.1 Å². The fourth-order valence-corrected chi connectivity index (χ4v) is 3.99. The molecule has 1 aliphatic rings. The fourth-order valence-electron chi connectivity index (χ4n) is 3.99. The van der Waals surface area contributed by atoms with E-state index in [-0.39, 0.29) is 5.91 Å². The van der Waals surface area contributed by atoms with Crippen LogP contribution in [0.1, 0.15) is 89.5 Å². The van der Waals surface area contributed by atoms with Gasteiger partial charge in [0.2, 0.25) is 5.91 Å². The van der Waals surface area contributed by atoms with Crippen LogP contribution in [0, 0.1) is 5.92 Å². The lowest BCUT2D eigenvalue weighted by Gasteiger charge is -2.27. The van der Waals surface area contributed by atoms with E-state index in [1.807, 2.05) is 0 Å². The molecule has 0 saturated heterocycles. The van der Waals surface area contributed by atoms with E-state index in [1.54, 1.807) is 0 Å². The van der Waals surface area contributed by atoms with Crippen molar-refractivity contribution in [2.24, 2.45) is 5.92 Å². The van der Waals surface area contributed by atoms with Crippen LogP contribution >= 0.6 is 0 Å². The number of nitrogens with one attached hydrogen (secondary N) is 1. The van der Waals surface area contributed by atoms with E-state index >= 15 is 0 Å². The summed E-state index contributed by atoms with van der Waals surface area (Å²) in [5.74, 6) is 1.16. The van der Waals surface area contributed by atoms with Crippen LogP contribution < -0.4 is 5.32 Å². The Hall–Kier alpha value is -1.31. The molecule has 1 aliphatic carbocycles. The molecule has 0 aliphatic heterocycles. The summed E-state index contributed by atoms with van der Waals surface area (Å²) < 4.78 is 0. The molecule has 1 amide bonds. The second-order valence-electron chi connectivity index (χ2n) is 7.56. The lowest BCUT2D eigenvalue weighted by molar-refractivity contribution is -0.123. The Bertz CT molecular complexity index is 464. The Morgan fingerprint density at radius 1 is 1.12 bits per heavy atom. The predicted molar refractivity (Wildman–Crippen MR) is 102 cm³/mol. The van der Waals surface area contributed by atoms with E-state index in [9.17, 15) is 4.79 Å². The molecule has 0 unspecified atom stereocenters. The van der Waals surface area contributed by atoms with Crippen LogP contribution in [-0.4, -0.2) is 11.9 Å². The molecule has 134 valence electrons. The maximum absolute atomic E-state index is 12.6. The summed E-state index contributed by atoms with van der Waals surface area (Å²) >= 11 is 0. The Kier molecular flexibility index (Phi) is 8.35. The summed E-state index contributed by atoms with van der Waals surface area (Å²) in [4.78, 5) is 12.6. The van der Waals surface area contributed by atoms with E-state index in [4.69, 9.17) is 0 Å². The molecule has 2 atom stereocenters. The normalized spacial score (nSPS) is 18.1. The standard InChI is InChI=1S/C22H35NO/c1-3-4-7-14-20(18(2)19-12-8-5-9-13-19)17-22(24)23-21-15-10-6-11-16-21/h5,8-9,12-13,18,20-21H,3-4,6-7,10-11,14-17H2,1-2H3,(H,23,24)/t18-,20+/m0/s1. The summed E-state index contributed by atoms with van der Waals surface area (Å²) in [7, 11) is 0. The largest absolute Gasteiger partial charge is 0.353 e. The highest BCUT2D eigenvalue weighted by molar-refractivity contribution is 5.76. The van der Waals surface area contributed by atoms with E-state index in [0.717, 1.165) is 6.42 Å². The number of rotatable bonds is 9. The molecule has 0 bridgehead atoms. The van der Waals surface area contributed by atoms with Gasteiger partial charge >= 0.3 is 0 Å². The number of unbranched alkanes of at least 4 members (excludes halogenated alkanes) is 2. The molecule has 0 spiro atoms. The average molecular weight is 330 g/mol. The monoisotopic (exact) mass is 329 g/mol. The number of hydrogen-bond acceptors (Lipinski definition) is 1. The van der Waals surface area contributed by atoms with E-state index in [0.29, 0.717) is 24.3 Å². The summed E-state index contributed by atoms with van der Waals surface area (Å²) in [6.07, 6.45) is 11.8. The third-order valence-corrected chi connectivity index (χ3v) is 5.63. The van der Waals surface area contributed by atoms with Crippen LogP contribution in [0.25, 0.3) is 0 Å². The van der Waals surface area contributed by atoms with Gasteiger partial charge in [0, 0.05) is 12.5 Å². The molecule has 0 heterocycles. The van der Waals surface area contributed by atoms with Crippen molar-refractivity contribution < 1.29 is 4.79 Å². The van der Waals surface area contributed by atoms with Crippen molar-refractivity contribution in [1.29, 1.82) is 0 Å². The van der Waals surface area contributed by atoms with Crippen LogP contribution in [-0.2, 0) is 4.79 Å². The van der Waals surface area contributed by atoms with E-state index < -0.39 is 0 Å². The van der Waals surface area contributed by atoms with Gasteiger partial charge in [-0.05, 0) is 36.7 Å².